The monoisotopic (exact) mass is 260 g/mol. The largest absolute Gasteiger partial charge is 0.483 e. The first-order valence-electron chi connectivity index (χ1n) is 5.68. The first-order valence-corrected chi connectivity index (χ1v) is 5.68. The number of carbonyl (C=O) groups excluding carboxylic acids is 1. The van der Waals surface area contributed by atoms with Crippen LogP contribution >= 0.6 is 0 Å². The van der Waals surface area contributed by atoms with Crippen molar-refractivity contribution in [1.82, 2.24) is 0 Å². The van der Waals surface area contributed by atoms with Gasteiger partial charge in [-0.15, -0.1) is 0 Å². The molecule has 100 valence electrons. The zero-order valence-electron chi connectivity index (χ0n) is 10.3. The summed E-state index contributed by atoms with van der Waals surface area (Å²) < 4.78 is 40.9. The molecule has 0 saturated heterocycles. The van der Waals surface area contributed by atoms with Gasteiger partial charge in [-0.1, -0.05) is 26.0 Å². The van der Waals surface area contributed by atoms with E-state index in [4.69, 9.17) is 0 Å². The van der Waals surface area contributed by atoms with Crippen LogP contribution in [-0.2, 0) is 0 Å². The van der Waals surface area contributed by atoms with Gasteiger partial charge >= 0.3 is 6.18 Å². The normalized spacial score (nSPS) is 13.2. The minimum absolute atomic E-state index is 0.0138. The van der Waals surface area contributed by atoms with E-state index in [9.17, 15) is 18.0 Å². The van der Waals surface area contributed by atoms with Crippen LogP contribution in [0.4, 0.5) is 13.2 Å². The molecule has 0 aromatic heterocycles. The fourth-order valence-electron chi connectivity index (χ4n) is 1.41. The first kappa shape index (κ1) is 14.5. The van der Waals surface area contributed by atoms with E-state index < -0.39 is 12.8 Å². The van der Waals surface area contributed by atoms with E-state index >= 15 is 0 Å². The van der Waals surface area contributed by atoms with Crippen molar-refractivity contribution in [3.8, 4) is 5.75 Å². The van der Waals surface area contributed by atoms with Crippen LogP contribution in [0.2, 0.25) is 0 Å². The van der Waals surface area contributed by atoms with E-state index in [1.54, 1.807) is 19.1 Å². The molecule has 5 heteroatoms. The van der Waals surface area contributed by atoms with Crippen LogP contribution in [-0.4, -0.2) is 18.6 Å². The molecule has 0 aliphatic heterocycles. The van der Waals surface area contributed by atoms with Gasteiger partial charge in [0.1, 0.15) is 5.75 Å². The van der Waals surface area contributed by atoms with Crippen molar-refractivity contribution in [2.24, 2.45) is 5.92 Å². The van der Waals surface area contributed by atoms with Crippen LogP contribution in [0, 0.1) is 5.92 Å². The topological polar surface area (TPSA) is 26.3 Å². The number of hydrogen-bond acceptors (Lipinski definition) is 2. The van der Waals surface area contributed by atoms with E-state index in [1.807, 2.05) is 6.92 Å². The lowest BCUT2D eigenvalue weighted by Crippen LogP contribution is -2.21. The van der Waals surface area contributed by atoms with E-state index in [0.29, 0.717) is 6.42 Å². The number of para-hydroxylation sites is 1. The molecule has 0 N–H and O–H groups in total. The Bertz CT molecular complexity index is 413. The van der Waals surface area contributed by atoms with Crippen molar-refractivity contribution in [3.63, 3.8) is 0 Å². The molecule has 0 radical (unpaired) electrons. The zero-order valence-corrected chi connectivity index (χ0v) is 10.3. The van der Waals surface area contributed by atoms with Gasteiger partial charge in [0.05, 0.1) is 5.56 Å². The SMILES string of the molecule is CCC(C)C(=O)c1ccccc1OCC(F)(F)F. The highest BCUT2D eigenvalue weighted by Crippen LogP contribution is 2.25. The van der Waals surface area contributed by atoms with Gasteiger partial charge in [-0.2, -0.15) is 13.2 Å². The lowest BCUT2D eigenvalue weighted by atomic mass is 9.96. The third kappa shape index (κ3) is 4.05. The van der Waals surface area contributed by atoms with Gasteiger partial charge in [0.15, 0.2) is 12.4 Å². The Hall–Kier alpha value is -1.52. The fraction of sp³-hybridized carbons (Fsp3) is 0.462. The summed E-state index contributed by atoms with van der Waals surface area (Å²) in [6, 6.07) is 6.01. The van der Waals surface area contributed by atoms with Crippen molar-refractivity contribution in [1.29, 1.82) is 0 Å². The fourth-order valence-corrected chi connectivity index (χ4v) is 1.41. The summed E-state index contributed by atoms with van der Waals surface area (Å²) >= 11 is 0. The second-order valence-corrected chi connectivity index (χ2v) is 4.07. The number of halogens is 3. The van der Waals surface area contributed by atoms with Crippen LogP contribution < -0.4 is 4.74 Å². The van der Waals surface area contributed by atoms with Crippen molar-refractivity contribution < 1.29 is 22.7 Å². The number of Topliss-reactive ketones (excluding diaryl/α,β-unsaturated/α-hetero) is 1. The summed E-state index contributed by atoms with van der Waals surface area (Å²) in [6.07, 6.45) is -3.78. The maximum Gasteiger partial charge on any atom is 0.422 e. The third-order valence-electron chi connectivity index (χ3n) is 2.60. The summed E-state index contributed by atoms with van der Waals surface area (Å²) in [5.74, 6) is -0.448. The minimum Gasteiger partial charge on any atom is -0.483 e. The molecule has 0 spiro atoms. The summed E-state index contributed by atoms with van der Waals surface area (Å²) in [4.78, 5) is 12.0. The number of benzene rings is 1. The van der Waals surface area contributed by atoms with Gasteiger partial charge in [-0.05, 0) is 18.6 Å². The maximum absolute atomic E-state index is 12.1. The number of carbonyl (C=O) groups is 1. The van der Waals surface area contributed by atoms with E-state index in [1.165, 1.54) is 12.1 Å². The van der Waals surface area contributed by atoms with Crippen LogP contribution in [0.1, 0.15) is 30.6 Å². The molecular weight excluding hydrogens is 245 g/mol. The Balaban J connectivity index is 2.89. The molecule has 1 aromatic carbocycles. The molecule has 1 unspecified atom stereocenters. The summed E-state index contributed by atoms with van der Waals surface area (Å²) in [6.45, 7) is 2.20. The van der Waals surface area contributed by atoms with Crippen LogP contribution in [0.15, 0.2) is 24.3 Å². The average molecular weight is 260 g/mol. The van der Waals surface area contributed by atoms with E-state index in [2.05, 4.69) is 4.74 Å². The van der Waals surface area contributed by atoms with Crippen LogP contribution in [0.25, 0.3) is 0 Å². The molecule has 0 fully saturated rings. The second kappa shape index (κ2) is 5.89. The van der Waals surface area contributed by atoms with Crippen LogP contribution in [0.3, 0.4) is 0 Å². The van der Waals surface area contributed by atoms with Gasteiger partial charge in [-0.25, -0.2) is 0 Å². The Morgan fingerprint density at radius 2 is 1.94 bits per heavy atom. The molecule has 0 heterocycles. The minimum atomic E-state index is -4.41. The van der Waals surface area contributed by atoms with E-state index in [0.717, 1.165) is 0 Å². The van der Waals surface area contributed by atoms with E-state index in [-0.39, 0.29) is 23.0 Å². The Labute approximate surface area is 104 Å². The predicted octanol–water partition coefficient (Wildman–Crippen LogP) is 3.86. The molecule has 0 bridgehead atoms. The lowest BCUT2D eigenvalue weighted by molar-refractivity contribution is -0.153. The van der Waals surface area contributed by atoms with Crippen molar-refractivity contribution >= 4 is 5.78 Å². The number of ketones is 1. The highest BCUT2D eigenvalue weighted by molar-refractivity contribution is 6.00. The molecule has 0 saturated carbocycles. The Morgan fingerprint density at radius 1 is 1.33 bits per heavy atom. The molecule has 0 amide bonds. The Kier molecular flexibility index (Phi) is 4.76. The maximum atomic E-state index is 12.1. The number of hydrogen-bond donors (Lipinski definition) is 0. The lowest BCUT2D eigenvalue weighted by Gasteiger charge is -2.14. The van der Waals surface area contributed by atoms with Gasteiger partial charge in [-0.3, -0.25) is 4.79 Å². The predicted molar refractivity (Wildman–Crippen MR) is 61.8 cm³/mol. The highest BCUT2D eigenvalue weighted by atomic mass is 19.4. The number of ether oxygens (including phenoxy) is 1. The Morgan fingerprint density at radius 3 is 2.50 bits per heavy atom. The molecule has 0 aliphatic carbocycles. The van der Waals surface area contributed by atoms with Crippen molar-refractivity contribution in [2.45, 2.75) is 26.4 Å². The zero-order chi connectivity index (χ0) is 13.8. The van der Waals surface area contributed by atoms with Gasteiger partial charge in [0.2, 0.25) is 0 Å². The summed E-state index contributed by atoms with van der Waals surface area (Å²) in [5.41, 5.74) is 0.205. The van der Waals surface area contributed by atoms with Crippen molar-refractivity contribution in [2.75, 3.05) is 6.61 Å². The smallest absolute Gasteiger partial charge is 0.422 e. The summed E-state index contributed by atoms with van der Waals surface area (Å²) in [5, 5.41) is 0. The third-order valence-corrected chi connectivity index (χ3v) is 2.60. The first-order chi connectivity index (χ1) is 8.35. The molecule has 1 atom stereocenters. The molecule has 2 nitrogen and oxygen atoms in total. The van der Waals surface area contributed by atoms with Crippen LogP contribution in [0.5, 0.6) is 5.75 Å². The molecular formula is C13H15F3O2. The molecule has 1 rings (SSSR count). The van der Waals surface area contributed by atoms with Gasteiger partial charge in [0.25, 0.3) is 0 Å². The second-order valence-electron chi connectivity index (χ2n) is 4.07. The van der Waals surface area contributed by atoms with Gasteiger partial charge < -0.3 is 4.74 Å². The standard InChI is InChI=1S/C13H15F3O2/c1-3-9(2)12(17)10-6-4-5-7-11(10)18-8-13(14,15)16/h4-7,9H,3,8H2,1-2H3. The molecule has 1 aromatic rings. The average Bonchev–Trinajstić information content (AvgIpc) is 2.34. The quantitative estimate of drug-likeness (QED) is 0.751. The number of rotatable bonds is 5. The van der Waals surface area contributed by atoms with Crippen molar-refractivity contribution in [3.05, 3.63) is 29.8 Å². The van der Waals surface area contributed by atoms with Gasteiger partial charge in [0, 0.05) is 5.92 Å². The number of alkyl halides is 3. The summed E-state index contributed by atoms with van der Waals surface area (Å²) in [7, 11) is 0. The molecule has 18 heavy (non-hydrogen) atoms. The molecule has 0 aliphatic rings. The highest BCUT2D eigenvalue weighted by Gasteiger charge is 2.29.